The highest BCUT2D eigenvalue weighted by Gasteiger charge is 2.30. The second kappa shape index (κ2) is 7.08. The van der Waals surface area contributed by atoms with Crippen LogP contribution in [0.25, 0.3) is 11.4 Å². The van der Waals surface area contributed by atoms with E-state index in [0.29, 0.717) is 48.1 Å². The van der Waals surface area contributed by atoms with E-state index in [9.17, 15) is 8.42 Å². The molecule has 2 heterocycles. The Hall–Kier alpha value is -1.80. The number of hydrogen-bond acceptors (Lipinski definition) is 7. The smallest absolute Gasteiger partial charge is 0.242 e. The van der Waals surface area contributed by atoms with Gasteiger partial charge in [-0.3, -0.25) is 0 Å². The first-order valence-corrected chi connectivity index (χ1v) is 10.8. The number of hydrogen-bond donors (Lipinski definition) is 0. The van der Waals surface area contributed by atoms with E-state index in [1.165, 1.54) is 0 Å². The van der Waals surface area contributed by atoms with Crippen molar-refractivity contribution in [1.82, 2.24) is 10.1 Å². The number of rotatable bonds is 4. The van der Waals surface area contributed by atoms with Gasteiger partial charge in [0.15, 0.2) is 21.3 Å². The van der Waals surface area contributed by atoms with Crippen molar-refractivity contribution in [1.29, 1.82) is 0 Å². The highest BCUT2D eigenvalue weighted by molar-refractivity contribution is 7.91. The van der Waals surface area contributed by atoms with Crippen molar-refractivity contribution in [3.63, 3.8) is 0 Å². The lowest BCUT2D eigenvalue weighted by atomic mass is 10.2. The van der Waals surface area contributed by atoms with Crippen LogP contribution in [0.15, 0.2) is 16.7 Å². The maximum Gasteiger partial charge on any atom is 0.242 e. The maximum atomic E-state index is 12.4. The summed E-state index contributed by atoms with van der Waals surface area (Å²) in [4.78, 5) is 4.24. The standard InChI is InChI=1S/C17H19ClN2O5S/c18-13-8-11(9-14-16(13)24-7-3-6-23-14)17-19-15(25-20-17)10-26(21,22)12-4-1-2-5-12/h8-9,12H,1-7,10H2. The molecule has 26 heavy (non-hydrogen) atoms. The van der Waals surface area contributed by atoms with E-state index < -0.39 is 9.84 Å². The minimum atomic E-state index is -3.28. The van der Waals surface area contributed by atoms with E-state index in [0.717, 1.165) is 19.3 Å². The third-order valence-corrected chi connectivity index (χ3v) is 7.08. The monoisotopic (exact) mass is 398 g/mol. The Balaban J connectivity index is 1.58. The van der Waals surface area contributed by atoms with Crippen LogP contribution in [0, 0.1) is 0 Å². The summed E-state index contributed by atoms with van der Waals surface area (Å²) in [5.41, 5.74) is 0.590. The minimum Gasteiger partial charge on any atom is -0.489 e. The highest BCUT2D eigenvalue weighted by atomic mass is 35.5. The van der Waals surface area contributed by atoms with Crippen LogP contribution < -0.4 is 9.47 Å². The molecule has 0 atom stereocenters. The highest BCUT2D eigenvalue weighted by Crippen LogP contribution is 2.40. The van der Waals surface area contributed by atoms with E-state index in [1.54, 1.807) is 12.1 Å². The predicted molar refractivity (Wildman–Crippen MR) is 95.2 cm³/mol. The molecule has 2 aromatic rings. The van der Waals surface area contributed by atoms with E-state index in [4.69, 9.17) is 25.6 Å². The lowest BCUT2D eigenvalue weighted by Crippen LogP contribution is -2.19. The summed E-state index contributed by atoms with van der Waals surface area (Å²) in [5, 5.41) is 4.00. The largest absolute Gasteiger partial charge is 0.489 e. The first-order valence-electron chi connectivity index (χ1n) is 8.66. The van der Waals surface area contributed by atoms with Gasteiger partial charge in [0, 0.05) is 12.0 Å². The summed E-state index contributed by atoms with van der Waals surface area (Å²) in [6, 6.07) is 3.39. The van der Waals surface area contributed by atoms with Crippen LogP contribution >= 0.6 is 11.6 Å². The molecule has 9 heteroatoms. The molecule has 7 nitrogen and oxygen atoms in total. The summed E-state index contributed by atoms with van der Waals surface area (Å²) < 4.78 is 41.3. The Morgan fingerprint density at radius 2 is 1.88 bits per heavy atom. The first-order chi connectivity index (χ1) is 12.5. The van der Waals surface area contributed by atoms with E-state index >= 15 is 0 Å². The predicted octanol–water partition coefficient (Wildman–Crippen LogP) is 3.41. The normalized spacial score (nSPS) is 18.0. The molecular formula is C17H19ClN2O5S. The second-order valence-electron chi connectivity index (χ2n) is 6.56. The Labute approximate surface area is 156 Å². The zero-order chi connectivity index (χ0) is 18.1. The van der Waals surface area contributed by atoms with Gasteiger partial charge in [-0.15, -0.1) is 0 Å². The number of benzene rings is 1. The van der Waals surface area contributed by atoms with Gasteiger partial charge in [-0.2, -0.15) is 4.98 Å². The fourth-order valence-electron chi connectivity index (χ4n) is 3.33. The van der Waals surface area contributed by atoms with Crippen LogP contribution in [0.1, 0.15) is 38.0 Å². The zero-order valence-corrected chi connectivity index (χ0v) is 15.7. The van der Waals surface area contributed by atoms with Gasteiger partial charge in [0.25, 0.3) is 0 Å². The average Bonchev–Trinajstić information content (AvgIpc) is 3.23. The van der Waals surface area contributed by atoms with Gasteiger partial charge in [0.2, 0.25) is 11.7 Å². The molecule has 0 bridgehead atoms. The fourth-order valence-corrected chi connectivity index (χ4v) is 5.34. The van der Waals surface area contributed by atoms with Crippen molar-refractivity contribution in [2.75, 3.05) is 13.2 Å². The lowest BCUT2D eigenvalue weighted by molar-refractivity contribution is 0.297. The number of ether oxygens (including phenoxy) is 2. The molecule has 0 amide bonds. The van der Waals surface area contributed by atoms with Crippen LogP contribution in [0.3, 0.4) is 0 Å². The van der Waals surface area contributed by atoms with Crippen LogP contribution in [0.4, 0.5) is 0 Å². The molecule has 140 valence electrons. The number of aromatic nitrogens is 2. The van der Waals surface area contributed by atoms with Gasteiger partial charge >= 0.3 is 0 Å². The van der Waals surface area contributed by atoms with Crippen molar-refractivity contribution in [2.45, 2.75) is 43.1 Å². The van der Waals surface area contributed by atoms with Crippen LogP contribution in [-0.4, -0.2) is 37.0 Å². The molecule has 1 aliphatic carbocycles. The van der Waals surface area contributed by atoms with Gasteiger partial charge in [0.1, 0.15) is 5.75 Å². The van der Waals surface area contributed by atoms with E-state index in [2.05, 4.69) is 10.1 Å². The fraction of sp³-hybridized carbons (Fsp3) is 0.529. The Morgan fingerprint density at radius 1 is 1.12 bits per heavy atom. The summed E-state index contributed by atoms with van der Waals surface area (Å²) in [5.74, 6) is 1.16. The number of fused-ring (bicyclic) bond motifs is 1. The molecule has 1 fully saturated rings. The van der Waals surface area contributed by atoms with Gasteiger partial charge < -0.3 is 14.0 Å². The zero-order valence-electron chi connectivity index (χ0n) is 14.1. The molecule has 0 radical (unpaired) electrons. The Bertz CT molecular complexity index is 906. The second-order valence-corrected chi connectivity index (χ2v) is 9.25. The molecule has 1 aromatic carbocycles. The SMILES string of the molecule is O=S(=O)(Cc1nc(-c2cc(Cl)c3c(c2)OCCCO3)no1)C1CCCC1. The van der Waals surface area contributed by atoms with Crippen LogP contribution in [0.2, 0.25) is 5.02 Å². The molecule has 0 saturated heterocycles. The molecule has 0 spiro atoms. The third-order valence-electron chi connectivity index (χ3n) is 4.66. The van der Waals surface area contributed by atoms with Crippen molar-refractivity contribution >= 4 is 21.4 Å². The Kier molecular flexibility index (Phi) is 4.79. The van der Waals surface area contributed by atoms with Gasteiger partial charge in [-0.1, -0.05) is 29.6 Å². The average molecular weight is 399 g/mol. The molecule has 1 aromatic heterocycles. The molecule has 1 saturated carbocycles. The van der Waals surface area contributed by atoms with Crippen LogP contribution in [0.5, 0.6) is 11.5 Å². The molecule has 4 rings (SSSR count). The van der Waals surface area contributed by atoms with E-state index in [1.807, 2.05) is 0 Å². The third kappa shape index (κ3) is 3.53. The number of nitrogens with zero attached hydrogens (tertiary/aromatic N) is 2. The Morgan fingerprint density at radius 3 is 2.69 bits per heavy atom. The van der Waals surface area contributed by atoms with Crippen molar-refractivity contribution in [2.24, 2.45) is 0 Å². The summed E-state index contributed by atoms with van der Waals surface area (Å²) >= 11 is 6.28. The van der Waals surface area contributed by atoms with Crippen molar-refractivity contribution in [3.05, 3.63) is 23.0 Å². The van der Waals surface area contributed by atoms with Crippen molar-refractivity contribution in [3.8, 4) is 22.9 Å². The molecular weight excluding hydrogens is 380 g/mol. The van der Waals surface area contributed by atoms with Gasteiger partial charge in [-0.25, -0.2) is 8.42 Å². The van der Waals surface area contributed by atoms with Gasteiger partial charge in [-0.05, 0) is 25.0 Å². The van der Waals surface area contributed by atoms with Crippen molar-refractivity contribution < 1.29 is 22.4 Å². The number of halogens is 1. The number of sulfone groups is 1. The van der Waals surface area contributed by atoms with E-state index in [-0.39, 0.29) is 22.7 Å². The summed E-state index contributed by atoms with van der Waals surface area (Å²) in [7, 11) is -3.28. The topological polar surface area (TPSA) is 91.5 Å². The molecule has 2 aliphatic rings. The molecule has 0 N–H and O–H groups in total. The quantitative estimate of drug-likeness (QED) is 0.779. The minimum absolute atomic E-state index is 0.0927. The van der Waals surface area contributed by atoms with Gasteiger partial charge in [0.05, 0.1) is 23.5 Å². The molecule has 0 unspecified atom stereocenters. The van der Waals surface area contributed by atoms with Crippen LogP contribution in [-0.2, 0) is 15.6 Å². The summed E-state index contributed by atoms with van der Waals surface area (Å²) in [6.07, 6.45) is 4.09. The lowest BCUT2D eigenvalue weighted by Gasteiger charge is -2.10. The first kappa shape index (κ1) is 17.6. The molecule has 1 aliphatic heterocycles. The summed E-state index contributed by atoms with van der Waals surface area (Å²) in [6.45, 7) is 1.07. The maximum absolute atomic E-state index is 12.4.